The third-order valence-corrected chi connectivity index (χ3v) is 5.76. The highest BCUT2D eigenvalue weighted by Crippen LogP contribution is 2.19. The van der Waals surface area contributed by atoms with Crippen molar-refractivity contribution >= 4 is 27.4 Å². The summed E-state index contributed by atoms with van der Waals surface area (Å²) in [5.74, 6) is -1.92. The fourth-order valence-corrected chi connectivity index (χ4v) is 4.06. The average molecular weight is 395 g/mol. The molecule has 6 nitrogen and oxygen atoms in total. The average Bonchev–Trinajstić information content (AvgIpc) is 2.69. The summed E-state index contributed by atoms with van der Waals surface area (Å²) in [7, 11) is -3.54. The highest BCUT2D eigenvalue weighted by atomic mass is 32.2. The fraction of sp³-hybridized carbons (Fsp3) is 0.0476. The van der Waals surface area contributed by atoms with E-state index in [0.29, 0.717) is 5.56 Å². The molecular formula is C21H17NO5S. The monoisotopic (exact) mass is 395 g/mol. The van der Waals surface area contributed by atoms with Crippen molar-refractivity contribution in [2.75, 3.05) is 5.32 Å². The molecule has 0 aliphatic rings. The Morgan fingerprint density at radius 2 is 1.54 bits per heavy atom. The minimum Gasteiger partial charge on any atom is -0.478 e. The molecule has 0 fully saturated rings. The van der Waals surface area contributed by atoms with E-state index in [1.54, 1.807) is 42.5 Å². The molecule has 0 heterocycles. The van der Waals surface area contributed by atoms with E-state index in [2.05, 4.69) is 5.32 Å². The molecule has 0 aromatic heterocycles. The van der Waals surface area contributed by atoms with E-state index < -0.39 is 21.7 Å². The van der Waals surface area contributed by atoms with E-state index >= 15 is 0 Å². The van der Waals surface area contributed by atoms with Crippen LogP contribution >= 0.6 is 0 Å². The number of carbonyl (C=O) groups excluding carboxylic acids is 1. The van der Waals surface area contributed by atoms with Crippen molar-refractivity contribution in [2.45, 2.75) is 10.6 Å². The van der Waals surface area contributed by atoms with Gasteiger partial charge in [0.2, 0.25) is 0 Å². The lowest BCUT2D eigenvalue weighted by atomic mass is 10.1. The van der Waals surface area contributed by atoms with Gasteiger partial charge in [-0.3, -0.25) is 4.79 Å². The molecule has 1 amide bonds. The molecule has 0 spiro atoms. The molecule has 7 heteroatoms. The fourth-order valence-electron chi connectivity index (χ4n) is 2.71. The molecule has 0 saturated carbocycles. The summed E-state index contributed by atoms with van der Waals surface area (Å²) in [6.07, 6.45) is 0. The molecule has 3 aromatic rings. The van der Waals surface area contributed by atoms with Gasteiger partial charge in [0, 0.05) is 5.56 Å². The predicted molar refractivity (Wildman–Crippen MR) is 105 cm³/mol. The van der Waals surface area contributed by atoms with Crippen molar-refractivity contribution in [1.29, 1.82) is 0 Å². The second kappa shape index (κ2) is 8.06. The maximum absolute atomic E-state index is 12.5. The molecule has 3 rings (SSSR count). The van der Waals surface area contributed by atoms with Crippen molar-refractivity contribution in [3.05, 3.63) is 95.6 Å². The Balaban J connectivity index is 1.82. The normalized spacial score (nSPS) is 11.0. The standard InChI is InChI=1S/C21H17NO5S/c23-20(22-19-12-5-4-11-18(19)21(24)25)16-8-6-7-15(13-16)14-28(26,27)17-9-2-1-3-10-17/h1-13H,14H2,(H,22,23)(H,24,25). The molecule has 3 aromatic carbocycles. The van der Waals surface area contributed by atoms with Gasteiger partial charge in [-0.25, -0.2) is 13.2 Å². The first-order valence-electron chi connectivity index (χ1n) is 8.37. The summed E-state index contributed by atoms with van der Waals surface area (Å²) in [4.78, 5) is 24.0. The number of sulfone groups is 1. The Hall–Kier alpha value is -3.45. The van der Waals surface area contributed by atoms with Crippen LogP contribution in [-0.2, 0) is 15.6 Å². The van der Waals surface area contributed by atoms with Crippen molar-refractivity contribution < 1.29 is 23.1 Å². The molecule has 0 bridgehead atoms. The molecule has 0 aliphatic carbocycles. The minimum atomic E-state index is -3.54. The van der Waals surface area contributed by atoms with E-state index in [9.17, 15) is 23.1 Å². The number of hydrogen-bond acceptors (Lipinski definition) is 4. The Labute approximate surface area is 162 Å². The van der Waals surface area contributed by atoms with Gasteiger partial charge in [-0.05, 0) is 42.0 Å². The highest BCUT2D eigenvalue weighted by molar-refractivity contribution is 7.90. The van der Waals surface area contributed by atoms with Crippen molar-refractivity contribution in [2.24, 2.45) is 0 Å². The van der Waals surface area contributed by atoms with Gasteiger partial charge in [0.05, 0.1) is 21.9 Å². The predicted octanol–water partition coefficient (Wildman–Crippen LogP) is 3.61. The topological polar surface area (TPSA) is 101 Å². The van der Waals surface area contributed by atoms with E-state index in [0.717, 1.165) is 0 Å². The molecule has 0 atom stereocenters. The number of benzene rings is 3. The summed E-state index contributed by atoms with van der Waals surface area (Å²) in [5, 5.41) is 11.8. The van der Waals surface area contributed by atoms with Crippen molar-refractivity contribution in [3.8, 4) is 0 Å². The first-order chi connectivity index (χ1) is 13.4. The highest BCUT2D eigenvalue weighted by Gasteiger charge is 2.17. The number of nitrogens with one attached hydrogen (secondary N) is 1. The number of carboxylic acid groups (broad SMARTS) is 1. The third kappa shape index (κ3) is 4.44. The maximum Gasteiger partial charge on any atom is 0.337 e. The van der Waals surface area contributed by atoms with Gasteiger partial charge in [0.1, 0.15) is 0 Å². The SMILES string of the molecule is O=C(Nc1ccccc1C(=O)O)c1cccc(CS(=O)(=O)c2ccccc2)c1. The summed E-state index contributed by atoms with van der Waals surface area (Å²) < 4.78 is 25.1. The van der Waals surface area contributed by atoms with Crippen LogP contribution in [0.2, 0.25) is 0 Å². The van der Waals surface area contributed by atoms with Gasteiger partial charge in [-0.2, -0.15) is 0 Å². The minimum absolute atomic E-state index is 0.0290. The van der Waals surface area contributed by atoms with Gasteiger partial charge < -0.3 is 10.4 Å². The number of para-hydroxylation sites is 1. The van der Waals surface area contributed by atoms with Crippen LogP contribution in [0.15, 0.2) is 83.8 Å². The summed E-state index contributed by atoms with van der Waals surface area (Å²) in [6.45, 7) is 0. The number of rotatable bonds is 6. The zero-order chi connectivity index (χ0) is 20.1. The third-order valence-electron chi connectivity index (χ3n) is 4.05. The summed E-state index contributed by atoms with van der Waals surface area (Å²) in [6, 6.07) is 20.4. The number of anilines is 1. The second-order valence-electron chi connectivity index (χ2n) is 6.08. The molecule has 0 unspecified atom stereocenters. The smallest absolute Gasteiger partial charge is 0.337 e. The Morgan fingerprint density at radius 1 is 0.857 bits per heavy atom. The maximum atomic E-state index is 12.5. The summed E-state index contributed by atoms with van der Waals surface area (Å²) in [5.41, 5.74) is 0.838. The second-order valence-corrected chi connectivity index (χ2v) is 8.07. The molecule has 0 radical (unpaired) electrons. The van der Waals surface area contributed by atoms with Gasteiger partial charge in [0.15, 0.2) is 9.84 Å². The van der Waals surface area contributed by atoms with Gasteiger partial charge in [0.25, 0.3) is 5.91 Å². The molecule has 0 saturated heterocycles. The van der Waals surface area contributed by atoms with Crippen LogP contribution in [0.4, 0.5) is 5.69 Å². The van der Waals surface area contributed by atoms with E-state index in [4.69, 9.17) is 0 Å². The van der Waals surface area contributed by atoms with Gasteiger partial charge in [-0.15, -0.1) is 0 Å². The largest absolute Gasteiger partial charge is 0.478 e. The number of hydrogen-bond donors (Lipinski definition) is 2. The summed E-state index contributed by atoms with van der Waals surface area (Å²) >= 11 is 0. The van der Waals surface area contributed by atoms with Crippen LogP contribution in [0, 0.1) is 0 Å². The Kier molecular flexibility index (Phi) is 5.56. The number of amides is 1. The van der Waals surface area contributed by atoms with E-state index in [-0.39, 0.29) is 27.5 Å². The first kappa shape index (κ1) is 19.3. The van der Waals surface area contributed by atoms with Crippen LogP contribution in [0.25, 0.3) is 0 Å². The number of carboxylic acids is 1. The lowest BCUT2D eigenvalue weighted by Gasteiger charge is -2.10. The molecule has 28 heavy (non-hydrogen) atoms. The Bertz CT molecular complexity index is 1120. The van der Waals surface area contributed by atoms with Crippen LogP contribution in [0.5, 0.6) is 0 Å². The van der Waals surface area contributed by atoms with Crippen LogP contribution < -0.4 is 5.32 Å². The lowest BCUT2D eigenvalue weighted by Crippen LogP contribution is -2.15. The van der Waals surface area contributed by atoms with Crippen molar-refractivity contribution in [3.63, 3.8) is 0 Å². The quantitative estimate of drug-likeness (QED) is 0.664. The zero-order valence-electron chi connectivity index (χ0n) is 14.7. The molecular weight excluding hydrogens is 378 g/mol. The lowest BCUT2D eigenvalue weighted by molar-refractivity contribution is 0.0698. The van der Waals surface area contributed by atoms with Gasteiger partial charge >= 0.3 is 5.97 Å². The number of aromatic carboxylic acids is 1. The van der Waals surface area contributed by atoms with Crippen LogP contribution in [-0.4, -0.2) is 25.4 Å². The molecule has 0 aliphatic heterocycles. The zero-order valence-corrected chi connectivity index (χ0v) is 15.5. The van der Waals surface area contributed by atoms with Crippen LogP contribution in [0.1, 0.15) is 26.3 Å². The molecule has 142 valence electrons. The Morgan fingerprint density at radius 3 is 2.25 bits per heavy atom. The van der Waals surface area contributed by atoms with Crippen molar-refractivity contribution in [1.82, 2.24) is 0 Å². The van der Waals surface area contributed by atoms with Crippen LogP contribution in [0.3, 0.4) is 0 Å². The van der Waals surface area contributed by atoms with Gasteiger partial charge in [-0.1, -0.05) is 42.5 Å². The molecule has 2 N–H and O–H groups in total. The first-order valence-corrected chi connectivity index (χ1v) is 10.0. The number of carbonyl (C=O) groups is 2. The van der Waals surface area contributed by atoms with E-state index in [1.807, 2.05) is 0 Å². The van der Waals surface area contributed by atoms with E-state index in [1.165, 1.54) is 36.4 Å².